The van der Waals surface area contributed by atoms with Crippen molar-refractivity contribution >= 4 is 5.91 Å². The summed E-state index contributed by atoms with van der Waals surface area (Å²) >= 11 is 0. The summed E-state index contributed by atoms with van der Waals surface area (Å²) in [7, 11) is 0. The van der Waals surface area contributed by atoms with Crippen molar-refractivity contribution < 1.29 is 9.90 Å². The van der Waals surface area contributed by atoms with Crippen LogP contribution in [0.4, 0.5) is 0 Å². The lowest BCUT2D eigenvalue weighted by molar-refractivity contribution is -0.135. The molecule has 4 nitrogen and oxygen atoms in total. The van der Waals surface area contributed by atoms with E-state index in [0.717, 1.165) is 25.7 Å². The predicted molar refractivity (Wildman–Crippen MR) is 57.1 cm³/mol. The highest BCUT2D eigenvalue weighted by Crippen LogP contribution is 2.36. The minimum Gasteiger partial charge on any atom is -0.376 e. The van der Waals surface area contributed by atoms with Gasteiger partial charge in [-0.15, -0.1) is 0 Å². The van der Waals surface area contributed by atoms with Crippen molar-refractivity contribution in [3.63, 3.8) is 0 Å². The van der Waals surface area contributed by atoms with Gasteiger partial charge in [0.25, 0.3) is 0 Å². The van der Waals surface area contributed by atoms with Gasteiger partial charge in [-0.05, 0) is 12.8 Å². The van der Waals surface area contributed by atoms with Crippen LogP contribution in [0.3, 0.4) is 0 Å². The Morgan fingerprint density at radius 2 is 2.07 bits per heavy atom. The van der Waals surface area contributed by atoms with Gasteiger partial charge < -0.3 is 10.4 Å². The fourth-order valence-electron chi connectivity index (χ4n) is 2.37. The lowest BCUT2D eigenvalue weighted by atomic mass is 9.75. The molecule has 0 radical (unpaired) electrons. The van der Waals surface area contributed by atoms with Crippen molar-refractivity contribution in [1.29, 1.82) is 0 Å². The molecule has 1 aliphatic heterocycles. The zero-order chi connectivity index (χ0) is 10.9. The van der Waals surface area contributed by atoms with Crippen molar-refractivity contribution in [2.45, 2.75) is 51.3 Å². The fourth-order valence-corrected chi connectivity index (χ4v) is 2.37. The third-order valence-corrected chi connectivity index (χ3v) is 3.75. The van der Waals surface area contributed by atoms with Gasteiger partial charge in [0.15, 0.2) is 0 Å². The smallest absolute Gasteiger partial charge is 0.226 e. The van der Waals surface area contributed by atoms with Crippen molar-refractivity contribution in [3.05, 3.63) is 0 Å². The van der Waals surface area contributed by atoms with Crippen LogP contribution in [0, 0.1) is 5.41 Å². The number of nitrogens with one attached hydrogen (secondary N) is 2. The molecule has 2 unspecified atom stereocenters. The first-order valence-electron chi connectivity index (χ1n) is 5.84. The monoisotopic (exact) mass is 212 g/mol. The van der Waals surface area contributed by atoms with E-state index in [-0.39, 0.29) is 17.4 Å². The normalized spacial score (nSPS) is 34.3. The zero-order valence-electron chi connectivity index (χ0n) is 9.25. The number of carbonyl (C=O) groups excluding carboxylic acids is 1. The SMILES string of the molecule is CC1(C(=O)NC2CNC2O)CCCCC1. The number of aliphatic hydroxyl groups excluding tert-OH is 1. The Hall–Kier alpha value is -0.610. The van der Waals surface area contributed by atoms with E-state index in [1.807, 2.05) is 6.92 Å². The average Bonchev–Trinajstić information content (AvgIpc) is 2.24. The van der Waals surface area contributed by atoms with Gasteiger partial charge in [0.05, 0.1) is 6.04 Å². The summed E-state index contributed by atoms with van der Waals surface area (Å²) in [5.41, 5.74) is -0.201. The third kappa shape index (κ3) is 2.16. The predicted octanol–water partition coefficient (Wildman–Crippen LogP) is 0.363. The Labute approximate surface area is 90.4 Å². The summed E-state index contributed by atoms with van der Waals surface area (Å²) in [6.07, 6.45) is 4.95. The first-order chi connectivity index (χ1) is 7.12. The average molecular weight is 212 g/mol. The molecule has 1 saturated heterocycles. The molecule has 3 N–H and O–H groups in total. The fraction of sp³-hybridized carbons (Fsp3) is 0.909. The molecular weight excluding hydrogens is 192 g/mol. The topological polar surface area (TPSA) is 61.4 Å². The Morgan fingerprint density at radius 3 is 2.53 bits per heavy atom. The van der Waals surface area contributed by atoms with E-state index < -0.39 is 6.23 Å². The van der Waals surface area contributed by atoms with E-state index in [9.17, 15) is 9.90 Å². The number of hydrogen-bond acceptors (Lipinski definition) is 3. The van der Waals surface area contributed by atoms with Crippen LogP contribution in [0.2, 0.25) is 0 Å². The van der Waals surface area contributed by atoms with E-state index in [4.69, 9.17) is 0 Å². The maximum atomic E-state index is 12.0. The minimum atomic E-state index is -0.554. The molecule has 0 aromatic rings. The molecule has 0 aromatic carbocycles. The number of rotatable bonds is 2. The molecular formula is C11H20N2O2. The van der Waals surface area contributed by atoms with Gasteiger partial charge in [-0.2, -0.15) is 0 Å². The third-order valence-electron chi connectivity index (χ3n) is 3.75. The van der Waals surface area contributed by atoms with Gasteiger partial charge in [-0.1, -0.05) is 26.2 Å². The largest absolute Gasteiger partial charge is 0.376 e. The van der Waals surface area contributed by atoms with Gasteiger partial charge in [-0.3, -0.25) is 10.1 Å². The molecule has 2 atom stereocenters. The molecule has 4 heteroatoms. The van der Waals surface area contributed by atoms with Crippen LogP contribution in [0.25, 0.3) is 0 Å². The highest BCUT2D eigenvalue weighted by Gasteiger charge is 2.38. The van der Waals surface area contributed by atoms with Crippen molar-refractivity contribution in [2.24, 2.45) is 5.41 Å². The number of aliphatic hydroxyl groups is 1. The summed E-state index contributed by atoms with van der Waals surface area (Å²) in [5, 5.41) is 15.1. The lowest BCUT2D eigenvalue weighted by Gasteiger charge is -2.39. The van der Waals surface area contributed by atoms with Crippen LogP contribution >= 0.6 is 0 Å². The lowest BCUT2D eigenvalue weighted by Crippen LogP contribution is -2.66. The molecule has 0 bridgehead atoms. The summed E-state index contributed by atoms with van der Waals surface area (Å²) in [5.74, 6) is 0.118. The highest BCUT2D eigenvalue weighted by molar-refractivity contribution is 5.82. The molecule has 0 spiro atoms. The van der Waals surface area contributed by atoms with Crippen LogP contribution in [0.1, 0.15) is 39.0 Å². The summed E-state index contributed by atoms with van der Waals surface area (Å²) in [6.45, 7) is 2.73. The van der Waals surface area contributed by atoms with E-state index >= 15 is 0 Å². The van der Waals surface area contributed by atoms with Crippen LogP contribution in [0.5, 0.6) is 0 Å². The molecule has 0 aromatic heterocycles. The Morgan fingerprint density at radius 1 is 1.40 bits per heavy atom. The van der Waals surface area contributed by atoms with Crippen LogP contribution < -0.4 is 10.6 Å². The van der Waals surface area contributed by atoms with Gasteiger partial charge in [0.1, 0.15) is 6.23 Å². The maximum Gasteiger partial charge on any atom is 0.226 e. The molecule has 1 aliphatic carbocycles. The quantitative estimate of drug-likeness (QED) is 0.619. The molecule has 2 rings (SSSR count). The molecule has 1 saturated carbocycles. The van der Waals surface area contributed by atoms with E-state index in [2.05, 4.69) is 10.6 Å². The number of hydrogen-bond donors (Lipinski definition) is 3. The molecule has 1 heterocycles. The summed E-state index contributed by atoms with van der Waals surface area (Å²) in [6, 6.07) is -0.0868. The second kappa shape index (κ2) is 4.10. The number of amides is 1. The van der Waals surface area contributed by atoms with Gasteiger partial charge in [0, 0.05) is 12.0 Å². The first kappa shape index (κ1) is 10.9. The molecule has 15 heavy (non-hydrogen) atoms. The summed E-state index contributed by atoms with van der Waals surface area (Å²) < 4.78 is 0. The van der Waals surface area contributed by atoms with Crippen LogP contribution in [-0.4, -0.2) is 29.8 Å². The van der Waals surface area contributed by atoms with Crippen molar-refractivity contribution in [2.75, 3.05) is 6.54 Å². The molecule has 2 fully saturated rings. The van der Waals surface area contributed by atoms with Gasteiger partial charge in [-0.25, -0.2) is 0 Å². The van der Waals surface area contributed by atoms with E-state index in [1.165, 1.54) is 6.42 Å². The molecule has 1 amide bonds. The highest BCUT2D eigenvalue weighted by atomic mass is 16.3. The molecule has 86 valence electrons. The van der Waals surface area contributed by atoms with Crippen molar-refractivity contribution in [3.8, 4) is 0 Å². The van der Waals surface area contributed by atoms with Crippen LogP contribution in [-0.2, 0) is 4.79 Å². The maximum absolute atomic E-state index is 12.0. The first-order valence-corrected chi connectivity index (χ1v) is 5.84. The second-order valence-corrected chi connectivity index (χ2v) is 5.05. The Kier molecular flexibility index (Phi) is 2.98. The van der Waals surface area contributed by atoms with Crippen LogP contribution in [0.15, 0.2) is 0 Å². The summed E-state index contributed by atoms with van der Waals surface area (Å²) in [4.78, 5) is 12.0. The Balaban J connectivity index is 1.88. The van der Waals surface area contributed by atoms with Gasteiger partial charge in [0.2, 0.25) is 5.91 Å². The second-order valence-electron chi connectivity index (χ2n) is 5.05. The zero-order valence-corrected chi connectivity index (χ0v) is 9.25. The molecule has 2 aliphatic rings. The van der Waals surface area contributed by atoms with Crippen molar-refractivity contribution in [1.82, 2.24) is 10.6 Å². The standard InChI is InChI=1S/C11H20N2O2/c1-11(5-3-2-4-6-11)10(15)13-8-7-12-9(8)14/h8-9,12,14H,2-7H2,1H3,(H,13,15). The van der Waals surface area contributed by atoms with Gasteiger partial charge >= 0.3 is 0 Å². The van der Waals surface area contributed by atoms with E-state index in [0.29, 0.717) is 6.54 Å². The van der Waals surface area contributed by atoms with E-state index in [1.54, 1.807) is 0 Å². The minimum absolute atomic E-state index is 0.0868. The number of carbonyl (C=O) groups is 1. The Bertz CT molecular complexity index is 249.